The summed E-state index contributed by atoms with van der Waals surface area (Å²) in [5.41, 5.74) is 0.453. The van der Waals surface area contributed by atoms with Gasteiger partial charge in [0.15, 0.2) is 0 Å². The van der Waals surface area contributed by atoms with Gasteiger partial charge in [-0.05, 0) is 31.3 Å². The standard InChI is InChI=1S/C12H13ClN2O2S2/c1-14-7-11-6-12(8-18-11)19(16,17)15-10-4-2-3-9(13)5-10/h2-6,8,14-15H,7H2,1H3. The lowest BCUT2D eigenvalue weighted by Gasteiger charge is -2.06. The van der Waals surface area contributed by atoms with Crippen LogP contribution in [0, 0.1) is 0 Å². The third-order valence-corrected chi connectivity index (χ3v) is 5.05. The third-order valence-electron chi connectivity index (χ3n) is 2.37. The number of nitrogens with one attached hydrogen (secondary N) is 2. The molecular formula is C12H13ClN2O2S2. The number of hydrogen-bond donors (Lipinski definition) is 2. The molecule has 1 aromatic carbocycles. The first-order valence-electron chi connectivity index (χ1n) is 5.51. The van der Waals surface area contributed by atoms with Gasteiger partial charge in [-0.3, -0.25) is 4.72 Å². The summed E-state index contributed by atoms with van der Waals surface area (Å²) in [4.78, 5) is 1.23. The van der Waals surface area contributed by atoms with Crippen molar-refractivity contribution in [2.45, 2.75) is 11.4 Å². The molecule has 0 aliphatic carbocycles. The van der Waals surface area contributed by atoms with Gasteiger partial charge >= 0.3 is 0 Å². The van der Waals surface area contributed by atoms with E-state index in [-0.39, 0.29) is 4.90 Å². The highest BCUT2D eigenvalue weighted by Gasteiger charge is 2.16. The molecule has 7 heteroatoms. The Hall–Kier alpha value is -1.08. The minimum Gasteiger partial charge on any atom is -0.315 e. The molecule has 1 aromatic heterocycles. The second kappa shape index (κ2) is 5.92. The molecule has 19 heavy (non-hydrogen) atoms. The van der Waals surface area contributed by atoms with E-state index < -0.39 is 10.0 Å². The fraction of sp³-hybridized carbons (Fsp3) is 0.167. The van der Waals surface area contributed by atoms with E-state index >= 15 is 0 Å². The van der Waals surface area contributed by atoms with Crippen LogP contribution in [0.5, 0.6) is 0 Å². The minimum atomic E-state index is -3.55. The molecule has 1 heterocycles. The highest BCUT2D eigenvalue weighted by Crippen LogP contribution is 2.23. The van der Waals surface area contributed by atoms with E-state index in [4.69, 9.17) is 11.6 Å². The SMILES string of the molecule is CNCc1cc(S(=O)(=O)Nc2cccc(Cl)c2)cs1. The van der Waals surface area contributed by atoms with Crippen molar-refractivity contribution in [3.8, 4) is 0 Å². The van der Waals surface area contributed by atoms with Gasteiger partial charge in [-0.1, -0.05) is 17.7 Å². The van der Waals surface area contributed by atoms with Crippen molar-refractivity contribution in [3.63, 3.8) is 0 Å². The van der Waals surface area contributed by atoms with Gasteiger partial charge in [0, 0.05) is 21.8 Å². The van der Waals surface area contributed by atoms with Gasteiger partial charge in [-0.2, -0.15) is 0 Å². The lowest BCUT2D eigenvalue weighted by Crippen LogP contribution is -2.12. The fourth-order valence-electron chi connectivity index (χ4n) is 1.53. The van der Waals surface area contributed by atoms with Crippen molar-refractivity contribution in [2.24, 2.45) is 0 Å². The summed E-state index contributed by atoms with van der Waals surface area (Å²) in [5, 5.41) is 5.10. The van der Waals surface area contributed by atoms with E-state index in [0.717, 1.165) is 4.88 Å². The maximum absolute atomic E-state index is 12.2. The molecule has 0 saturated carbocycles. The average Bonchev–Trinajstić information content (AvgIpc) is 2.78. The molecule has 0 bridgehead atoms. The molecule has 0 fully saturated rings. The fourth-order valence-corrected chi connectivity index (χ4v) is 4.06. The molecule has 102 valence electrons. The van der Waals surface area contributed by atoms with Crippen molar-refractivity contribution in [3.05, 3.63) is 45.6 Å². The number of halogens is 1. The Labute approximate surface area is 121 Å². The zero-order chi connectivity index (χ0) is 13.9. The van der Waals surface area contributed by atoms with Crippen LogP contribution in [0.4, 0.5) is 5.69 Å². The summed E-state index contributed by atoms with van der Waals surface area (Å²) >= 11 is 7.23. The number of benzene rings is 1. The van der Waals surface area contributed by atoms with Gasteiger partial charge in [0.25, 0.3) is 10.0 Å². The first kappa shape index (κ1) is 14.3. The molecule has 0 atom stereocenters. The van der Waals surface area contributed by atoms with Crippen LogP contribution in [0.3, 0.4) is 0 Å². The molecule has 2 aromatic rings. The zero-order valence-corrected chi connectivity index (χ0v) is 12.6. The van der Waals surface area contributed by atoms with Gasteiger partial charge in [0.2, 0.25) is 0 Å². The van der Waals surface area contributed by atoms with Crippen molar-refractivity contribution in [1.29, 1.82) is 0 Å². The summed E-state index contributed by atoms with van der Waals surface area (Å²) in [5.74, 6) is 0. The first-order chi connectivity index (χ1) is 9.01. The van der Waals surface area contributed by atoms with E-state index in [2.05, 4.69) is 10.0 Å². The number of thiophene rings is 1. The molecule has 0 saturated heterocycles. The van der Waals surface area contributed by atoms with Crippen molar-refractivity contribution in [2.75, 3.05) is 11.8 Å². The first-order valence-corrected chi connectivity index (χ1v) is 8.26. The van der Waals surface area contributed by atoms with Gasteiger partial charge in [0.1, 0.15) is 0 Å². The van der Waals surface area contributed by atoms with Crippen LogP contribution in [0.15, 0.2) is 40.6 Å². The molecule has 0 spiro atoms. The number of hydrogen-bond acceptors (Lipinski definition) is 4. The molecule has 0 radical (unpaired) electrons. The van der Waals surface area contributed by atoms with Crippen LogP contribution in [0.1, 0.15) is 4.88 Å². The Balaban J connectivity index is 2.22. The van der Waals surface area contributed by atoms with E-state index in [1.54, 1.807) is 35.7 Å². The molecule has 0 unspecified atom stereocenters. The number of anilines is 1. The molecule has 0 amide bonds. The van der Waals surface area contributed by atoms with E-state index in [9.17, 15) is 8.42 Å². The molecule has 4 nitrogen and oxygen atoms in total. The van der Waals surface area contributed by atoms with Crippen molar-refractivity contribution in [1.82, 2.24) is 5.32 Å². The van der Waals surface area contributed by atoms with Gasteiger partial charge in [0.05, 0.1) is 10.6 Å². The highest BCUT2D eigenvalue weighted by molar-refractivity contribution is 7.92. The molecule has 2 N–H and O–H groups in total. The monoisotopic (exact) mass is 316 g/mol. The zero-order valence-electron chi connectivity index (χ0n) is 10.2. The van der Waals surface area contributed by atoms with Crippen LogP contribution in [0.2, 0.25) is 5.02 Å². The second-order valence-corrected chi connectivity index (χ2v) is 7.01. The lowest BCUT2D eigenvalue weighted by molar-refractivity contribution is 0.601. The van der Waals surface area contributed by atoms with Crippen LogP contribution in [-0.4, -0.2) is 15.5 Å². The lowest BCUT2D eigenvalue weighted by atomic mass is 10.3. The summed E-state index contributed by atoms with van der Waals surface area (Å²) in [7, 11) is -1.74. The van der Waals surface area contributed by atoms with Crippen LogP contribution < -0.4 is 10.0 Å². The molecule has 0 aliphatic rings. The Bertz CT molecular complexity index is 668. The largest absolute Gasteiger partial charge is 0.315 e. The second-order valence-electron chi connectivity index (χ2n) is 3.89. The van der Waals surface area contributed by atoms with Gasteiger partial charge in [-0.15, -0.1) is 11.3 Å². The topological polar surface area (TPSA) is 58.2 Å². The molecule has 0 aliphatic heterocycles. The summed E-state index contributed by atoms with van der Waals surface area (Å²) in [6.07, 6.45) is 0. The smallest absolute Gasteiger partial charge is 0.262 e. The van der Waals surface area contributed by atoms with Crippen LogP contribution in [0.25, 0.3) is 0 Å². The highest BCUT2D eigenvalue weighted by atomic mass is 35.5. The Morgan fingerprint density at radius 3 is 2.79 bits per heavy atom. The normalized spacial score (nSPS) is 11.5. The van der Waals surface area contributed by atoms with Gasteiger partial charge in [-0.25, -0.2) is 8.42 Å². The maximum Gasteiger partial charge on any atom is 0.262 e. The van der Waals surface area contributed by atoms with Crippen molar-refractivity contribution >= 4 is 38.6 Å². The van der Waals surface area contributed by atoms with E-state index in [0.29, 0.717) is 17.3 Å². The average molecular weight is 317 g/mol. The van der Waals surface area contributed by atoms with E-state index in [1.807, 2.05) is 7.05 Å². The third kappa shape index (κ3) is 3.70. The Morgan fingerprint density at radius 1 is 1.32 bits per heavy atom. The van der Waals surface area contributed by atoms with Gasteiger partial charge < -0.3 is 5.32 Å². The quantitative estimate of drug-likeness (QED) is 0.891. The number of rotatable bonds is 5. The predicted octanol–water partition coefficient (Wildman–Crippen LogP) is 2.92. The van der Waals surface area contributed by atoms with Crippen molar-refractivity contribution < 1.29 is 8.42 Å². The molecular weight excluding hydrogens is 304 g/mol. The molecule has 2 rings (SSSR count). The minimum absolute atomic E-state index is 0.266. The summed E-state index contributed by atoms with van der Waals surface area (Å²) < 4.78 is 26.8. The summed E-state index contributed by atoms with van der Waals surface area (Å²) in [6, 6.07) is 8.27. The van der Waals surface area contributed by atoms with Crippen LogP contribution >= 0.6 is 22.9 Å². The predicted molar refractivity (Wildman–Crippen MR) is 79.3 cm³/mol. The Kier molecular flexibility index (Phi) is 4.46. The van der Waals surface area contributed by atoms with Crippen LogP contribution in [-0.2, 0) is 16.6 Å². The summed E-state index contributed by atoms with van der Waals surface area (Å²) in [6.45, 7) is 0.650. The Morgan fingerprint density at radius 2 is 2.11 bits per heavy atom. The maximum atomic E-state index is 12.2. The number of sulfonamides is 1. The van der Waals surface area contributed by atoms with E-state index in [1.165, 1.54) is 11.3 Å².